The lowest BCUT2D eigenvalue weighted by Crippen LogP contribution is -2.23. The molecule has 0 aliphatic heterocycles. The molecule has 3 aromatic rings. The quantitative estimate of drug-likeness (QED) is 0.394. The van der Waals surface area contributed by atoms with E-state index in [-0.39, 0.29) is 12.5 Å². The van der Waals surface area contributed by atoms with Crippen molar-refractivity contribution in [2.24, 2.45) is 0 Å². The fraction of sp³-hybridized carbons (Fsp3) is 0.269. The molecule has 7 heteroatoms. The van der Waals surface area contributed by atoms with Crippen molar-refractivity contribution in [2.45, 2.75) is 48.1 Å². The summed E-state index contributed by atoms with van der Waals surface area (Å²) in [6.07, 6.45) is 1.42. The first kappa shape index (κ1) is 29.9. The Morgan fingerprint density at radius 1 is 1.00 bits per heavy atom. The van der Waals surface area contributed by atoms with Crippen LogP contribution in [0.1, 0.15) is 63.0 Å². The Labute approximate surface area is 207 Å². The molecule has 0 unspecified atom stereocenters. The third kappa shape index (κ3) is 10.4. The third-order valence-corrected chi connectivity index (χ3v) is 4.23. The Hall–Kier alpha value is -3.07. The number of rotatable bonds is 5. The Morgan fingerprint density at radius 3 is 2.27 bits per heavy atom. The predicted octanol–water partition coefficient (Wildman–Crippen LogP) is 8.06. The Bertz CT molecular complexity index is 1020. The maximum atomic E-state index is 12.3. The molecule has 3 rings (SSSR count). The lowest BCUT2D eigenvalue weighted by molar-refractivity contribution is 0.0950. The van der Waals surface area contributed by atoms with E-state index in [1.807, 2.05) is 47.6 Å². The lowest BCUT2D eigenvalue weighted by atomic mass is 10.2. The molecule has 33 heavy (non-hydrogen) atoms. The van der Waals surface area contributed by atoms with Crippen LogP contribution in [0.3, 0.4) is 0 Å². The van der Waals surface area contributed by atoms with Gasteiger partial charge in [0.15, 0.2) is 0 Å². The number of ether oxygens (including phenoxy) is 1. The summed E-state index contributed by atoms with van der Waals surface area (Å²) in [5.74, 6) is 0.532. The summed E-state index contributed by atoms with van der Waals surface area (Å²) < 4.78 is 5.59. The van der Waals surface area contributed by atoms with E-state index in [4.69, 9.17) is 33.2 Å². The van der Waals surface area contributed by atoms with Crippen molar-refractivity contribution in [2.75, 3.05) is 0 Å². The number of nitrogens with one attached hydrogen (secondary N) is 1. The highest BCUT2D eigenvalue weighted by molar-refractivity contribution is 6.35. The zero-order valence-electron chi connectivity index (χ0n) is 19.9. The number of hydrogen-bond acceptors (Lipinski definition) is 4. The minimum atomic E-state index is -0.286. The maximum absolute atomic E-state index is 12.3. The zero-order chi connectivity index (χ0) is 25.2. The number of benzene rings is 2. The molecule has 0 saturated carbocycles. The number of nitriles is 1. The van der Waals surface area contributed by atoms with E-state index in [9.17, 15) is 4.79 Å². The summed E-state index contributed by atoms with van der Waals surface area (Å²) in [5, 5.41) is 12.7. The highest BCUT2D eigenvalue weighted by Gasteiger charge is 2.09. The standard InChI is InChI=1S/C20H13Cl2N3O2.3C2H6/c21-16-6-4-14(18(22)9-16)11-25-20(26)15-5-7-19(24-12-15)27-17-3-1-2-13(8-17)10-23;3*1-2/h1-9,12H,11H2,(H,25,26);3*1-2H3. The second-order valence-electron chi connectivity index (χ2n) is 5.55. The molecule has 1 N–H and O–H groups in total. The average molecular weight is 488 g/mol. The first-order chi connectivity index (χ1) is 16.0. The molecule has 0 aliphatic rings. The summed E-state index contributed by atoms with van der Waals surface area (Å²) in [5.41, 5.74) is 1.64. The van der Waals surface area contributed by atoms with Gasteiger partial charge >= 0.3 is 0 Å². The van der Waals surface area contributed by atoms with Gasteiger partial charge in [-0.2, -0.15) is 5.26 Å². The van der Waals surface area contributed by atoms with Gasteiger partial charge in [0.2, 0.25) is 5.88 Å². The van der Waals surface area contributed by atoms with E-state index in [1.165, 1.54) is 6.20 Å². The molecule has 0 atom stereocenters. The molecule has 1 amide bonds. The molecule has 0 radical (unpaired) electrons. The molecule has 5 nitrogen and oxygen atoms in total. The molecule has 2 aromatic carbocycles. The van der Waals surface area contributed by atoms with Gasteiger partial charge in [-0.05, 0) is 42.0 Å². The molecule has 1 heterocycles. The first-order valence-corrected chi connectivity index (χ1v) is 11.7. The summed E-state index contributed by atoms with van der Waals surface area (Å²) >= 11 is 12.0. The van der Waals surface area contributed by atoms with Gasteiger partial charge in [-0.3, -0.25) is 4.79 Å². The van der Waals surface area contributed by atoms with Crippen molar-refractivity contribution in [1.82, 2.24) is 10.3 Å². The second-order valence-corrected chi connectivity index (χ2v) is 6.39. The Balaban J connectivity index is 0.00000158. The van der Waals surface area contributed by atoms with Gasteiger partial charge in [0, 0.05) is 28.9 Å². The van der Waals surface area contributed by atoms with E-state index in [0.717, 1.165) is 5.56 Å². The average Bonchev–Trinajstić information content (AvgIpc) is 2.87. The Kier molecular flexibility index (Phi) is 15.9. The van der Waals surface area contributed by atoms with Crippen LogP contribution in [0.15, 0.2) is 60.8 Å². The van der Waals surface area contributed by atoms with Gasteiger partial charge < -0.3 is 10.1 Å². The van der Waals surface area contributed by atoms with Crippen molar-refractivity contribution in [3.8, 4) is 17.7 Å². The van der Waals surface area contributed by atoms with Crippen LogP contribution in [-0.2, 0) is 6.54 Å². The van der Waals surface area contributed by atoms with Crippen LogP contribution in [0.25, 0.3) is 0 Å². The first-order valence-electron chi connectivity index (χ1n) is 10.9. The Morgan fingerprint density at radius 2 is 1.70 bits per heavy atom. The SMILES string of the molecule is CC.CC.CC.N#Cc1cccc(Oc2ccc(C(=O)NCc3ccc(Cl)cc3Cl)cn2)c1. The van der Waals surface area contributed by atoms with E-state index in [2.05, 4.69) is 10.3 Å². The number of aromatic nitrogens is 1. The van der Waals surface area contributed by atoms with Crippen LogP contribution in [0.5, 0.6) is 11.6 Å². The highest BCUT2D eigenvalue weighted by atomic mass is 35.5. The molecule has 1 aromatic heterocycles. The molecule has 0 fully saturated rings. The summed E-state index contributed by atoms with van der Waals surface area (Å²) in [6, 6.07) is 17.1. The fourth-order valence-electron chi connectivity index (χ4n) is 2.27. The molecular weight excluding hydrogens is 457 g/mol. The molecular formula is C26H31Cl2N3O2. The smallest absolute Gasteiger partial charge is 0.253 e. The van der Waals surface area contributed by atoms with E-state index >= 15 is 0 Å². The zero-order valence-corrected chi connectivity index (χ0v) is 21.5. The van der Waals surface area contributed by atoms with Crippen LogP contribution in [-0.4, -0.2) is 10.9 Å². The van der Waals surface area contributed by atoms with E-state index in [0.29, 0.717) is 32.8 Å². The van der Waals surface area contributed by atoms with Crippen molar-refractivity contribution in [3.63, 3.8) is 0 Å². The highest BCUT2D eigenvalue weighted by Crippen LogP contribution is 2.22. The van der Waals surface area contributed by atoms with Crippen LogP contribution >= 0.6 is 23.2 Å². The molecule has 0 spiro atoms. The molecule has 0 bridgehead atoms. The number of pyridine rings is 1. The third-order valence-electron chi connectivity index (χ3n) is 3.64. The topological polar surface area (TPSA) is 75.0 Å². The number of carbonyl (C=O) groups excluding carboxylic acids is 1. The summed E-state index contributed by atoms with van der Waals surface area (Å²) in [6.45, 7) is 12.3. The second kappa shape index (κ2) is 17.5. The number of halogens is 2. The predicted molar refractivity (Wildman–Crippen MR) is 137 cm³/mol. The normalized spacial score (nSPS) is 8.82. The van der Waals surface area contributed by atoms with Crippen molar-refractivity contribution in [1.29, 1.82) is 5.26 Å². The minimum Gasteiger partial charge on any atom is -0.439 e. The number of hydrogen-bond donors (Lipinski definition) is 1. The monoisotopic (exact) mass is 487 g/mol. The summed E-state index contributed by atoms with van der Waals surface area (Å²) in [7, 11) is 0. The van der Waals surface area contributed by atoms with Crippen molar-refractivity contribution in [3.05, 3.63) is 87.5 Å². The summed E-state index contributed by atoms with van der Waals surface area (Å²) in [4.78, 5) is 16.4. The van der Waals surface area contributed by atoms with E-state index < -0.39 is 0 Å². The largest absolute Gasteiger partial charge is 0.439 e. The van der Waals surface area contributed by atoms with Crippen LogP contribution in [0, 0.1) is 11.3 Å². The fourth-order valence-corrected chi connectivity index (χ4v) is 2.74. The van der Waals surface area contributed by atoms with Gasteiger partial charge in [0.1, 0.15) is 5.75 Å². The van der Waals surface area contributed by atoms with Gasteiger partial charge in [0.05, 0.1) is 17.2 Å². The van der Waals surface area contributed by atoms with Crippen LogP contribution in [0.2, 0.25) is 10.0 Å². The van der Waals surface area contributed by atoms with Crippen LogP contribution in [0.4, 0.5) is 0 Å². The lowest BCUT2D eigenvalue weighted by Gasteiger charge is -2.08. The van der Waals surface area contributed by atoms with Gasteiger partial charge in [-0.1, -0.05) is 76.9 Å². The minimum absolute atomic E-state index is 0.272. The number of amides is 1. The number of carbonyl (C=O) groups is 1. The van der Waals surface area contributed by atoms with Crippen LogP contribution < -0.4 is 10.1 Å². The van der Waals surface area contributed by atoms with Gasteiger partial charge in [-0.25, -0.2) is 4.98 Å². The van der Waals surface area contributed by atoms with Crippen molar-refractivity contribution < 1.29 is 9.53 Å². The maximum Gasteiger partial charge on any atom is 0.253 e. The van der Waals surface area contributed by atoms with E-state index in [1.54, 1.807) is 54.6 Å². The van der Waals surface area contributed by atoms with Gasteiger partial charge in [-0.15, -0.1) is 0 Å². The molecule has 176 valence electrons. The van der Waals surface area contributed by atoms with Gasteiger partial charge in [0.25, 0.3) is 5.91 Å². The molecule has 0 aliphatic carbocycles. The molecule has 0 saturated heterocycles. The number of nitrogens with zero attached hydrogens (tertiary/aromatic N) is 2. The van der Waals surface area contributed by atoms with Crippen molar-refractivity contribution >= 4 is 29.1 Å².